The summed E-state index contributed by atoms with van der Waals surface area (Å²) < 4.78 is 0. The molecule has 0 bridgehead atoms. The van der Waals surface area contributed by atoms with E-state index >= 15 is 0 Å². The maximum absolute atomic E-state index is 13.8. The fraction of sp³-hybridized carbons (Fsp3) is 0.926. The second kappa shape index (κ2) is 8.56. The second-order valence-corrected chi connectivity index (χ2v) is 12.0. The minimum absolute atomic E-state index is 0.00565. The highest BCUT2D eigenvalue weighted by molar-refractivity contribution is 5.91. The van der Waals surface area contributed by atoms with Crippen molar-refractivity contribution in [2.75, 3.05) is 19.7 Å². The van der Waals surface area contributed by atoms with Crippen molar-refractivity contribution in [3.05, 3.63) is 0 Å². The predicted molar refractivity (Wildman–Crippen MR) is 121 cm³/mol. The molecule has 1 heterocycles. The molecular weight excluding hydrogens is 386 g/mol. The van der Waals surface area contributed by atoms with E-state index in [1.165, 1.54) is 38.5 Å². The van der Waals surface area contributed by atoms with Gasteiger partial charge >= 0.3 is 0 Å². The lowest BCUT2D eigenvalue weighted by Gasteiger charge is -2.61. The lowest BCUT2D eigenvalue weighted by molar-refractivity contribution is -0.171. The van der Waals surface area contributed by atoms with Gasteiger partial charge in [0.05, 0.1) is 6.61 Å². The molecule has 2 N–H and O–H groups in total. The van der Waals surface area contributed by atoms with Crippen LogP contribution in [0.25, 0.3) is 0 Å². The highest BCUT2D eigenvalue weighted by Gasteiger charge is 2.65. The van der Waals surface area contributed by atoms with Crippen molar-refractivity contribution >= 4 is 11.6 Å². The van der Waals surface area contributed by atoms with Gasteiger partial charge in [0.2, 0.25) is 0 Å². The number of ketones is 2. The van der Waals surface area contributed by atoms with Gasteiger partial charge in [-0.1, -0.05) is 32.6 Å². The number of fused-ring (bicyclic) bond motifs is 5. The molecule has 4 aliphatic carbocycles. The molecular formula is C27H43NO3. The van der Waals surface area contributed by atoms with E-state index in [-0.39, 0.29) is 35.2 Å². The summed E-state index contributed by atoms with van der Waals surface area (Å²) >= 11 is 0. The third kappa shape index (κ3) is 3.46. The van der Waals surface area contributed by atoms with Crippen molar-refractivity contribution < 1.29 is 14.7 Å². The fourth-order valence-corrected chi connectivity index (χ4v) is 9.37. The number of piperidine rings is 1. The zero-order valence-corrected chi connectivity index (χ0v) is 19.5. The highest BCUT2D eigenvalue weighted by atomic mass is 16.3. The van der Waals surface area contributed by atoms with Gasteiger partial charge in [-0.25, -0.2) is 0 Å². The van der Waals surface area contributed by atoms with Crippen molar-refractivity contribution in [3.63, 3.8) is 0 Å². The molecule has 0 radical (unpaired) electrons. The minimum Gasteiger partial charge on any atom is -0.396 e. The topological polar surface area (TPSA) is 66.4 Å². The highest BCUT2D eigenvalue weighted by Crippen LogP contribution is 2.66. The summed E-state index contributed by atoms with van der Waals surface area (Å²) in [6.07, 6.45) is 14.3. The van der Waals surface area contributed by atoms with E-state index < -0.39 is 0 Å². The normalized spacial score (nSPS) is 45.8. The van der Waals surface area contributed by atoms with Crippen LogP contribution >= 0.6 is 0 Å². The van der Waals surface area contributed by atoms with Crippen LogP contribution in [0.3, 0.4) is 0 Å². The number of rotatable bonds is 5. The zero-order chi connectivity index (χ0) is 21.6. The number of Topliss-reactive ketones (excluding diaryl/α,β-unsaturated/α-hetero) is 2. The molecule has 0 aromatic rings. The molecule has 4 heteroatoms. The van der Waals surface area contributed by atoms with Gasteiger partial charge in [0.25, 0.3) is 0 Å². The van der Waals surface area contributed by atoms with Crippen LogP contribution in [0.5, 0.6) is 0 Å². The van der Waals surface area contributed by atoms with E-state index in [1.807, 2.05) is 0 Å². The second-order valence-electron chi connectivity index (χ2n) is 12.0. The first-order valence-corrected chi connectivity index (χ1v) is 13.4. The summed E-state index contributed by atoms with van der Waals surface area (Å²) in [4.78, 5) is 27.2. The number of hydrogen-bond donors (Lipinski definition) is 2. The van der Waals surface area contributed by atoms with Crippen molar-refractivity contribution in [1.82, 2.24) is 5.32 Å². The molecule has 5 fully saturated rings. The minimum atomic E-state index is -0.235. The first-order valence-electron chi connectivity index (χ1n) is 13.4. The molecule has 1 unspecified atom stereocenters. The average Bonchev–Trinajstić information content (AvgIpc) is 3.11. The van der Waals surface area contributed by atoms with Crippen LogP contribution in [0.1, 0.15) is 90.4 Å². The van der Waals surface area contributed by atoms with Crippen molar-refractivity contribution in [1.29, 1.82) is 0 Å². The van der Waals surface area contributed by atoms with Crippen LogP contribution in [-0.2, 0) is 9.59 Å². The Kier molecular flexibility index (Phi) is 6.09. The van der Waals surface area contributed by atoms with E-state index in [0.29, 0.717) is 29.8 Å². The smallest absolute Gasteiger partial charge is 0.142 e. The van der Waals surface area contributed by atoms with Gasteiger partial charge in [-0.15, -0.1) is 0 Å². The lowest BCUT2D eigenvalue weighted by atomic mass is 9.42. The molecule has 4 nitrogen and oxygen atoms in total. The maximum atomic E-state index is 13.8. The fourth-order valence-electron chi connectivity index (χ4n) is 9.37. The van der Waals surface area contributed by atoms with Crippen LogP contribution in [-0.4, -0.2) is 36.4 Å². The van der Waals surface area contributed by atoms with E-state index in [2.05, 4.69) is 12.2 Å². The van der Waals surface area contributed by atoms with E-state index in [9.17, 15) is 14.7 Å². The number of nitrogens with one attached hydrogen (secondary N) is 1. The SMILES string of the molecule is C[C@]12CCCCC1[C@@H](CO)C(=O)[C@H]1[C@@H]3CCC(=O)[C@@]3(CCCC3CCNCC3)CC[C@@H]12. The Bertz CT molecular complexity index is 701. The third-order valence-corrected chi connectivity index (χ3v) is 11.0. The van der Waals surface area contributed by atoms with Gasteiger partial charge in [-0.2, -0.15) is 0 Å². The van der Waals surface area contributed by atoms with E-state index in [4.69, 9.17) is 0 Å². The van der Waals surface area contributed by atoms with Gasteiger partial charge in [-0.05, 0) is 93.5 Å². The molecule has 4 saturated carbocycles. The summed E-state index contributed by atoms with van der Waals surface area (Å²) in [6, 6.07) is 0. The quantitative estimate of drug-likeness (QED) is 0.673. The molecule has 31 heavy (non-hydrogen) atoms. The summed E-state index contributed by atoms with van der Waals surface area (Å²) in [7, 11) is 0. The zero-order valence-electron chi connectivity index (χ0n) is 19.5. The molecule has 1 aliphatic heterocycles. The third-order valence-electron chi connectivity index (χ3n) is 11.0. The summed E-state index contributed by atoms with van der Waals surface area (Å²) in [5.41, 5.74) is -0.0568. The monoisotopic (exact) mass is 429 g/mol. The van der Waals surface area contributed by atoms with E-state index in [0.717, 1.165) is 57.5 Å². The molecule has 0 spiro atoms. The van der Waals surface area contributed by atoms with Gasteiger partial charge in [0.15, 0.2) is 0 Å². The Morgan fingerprint density at radius 2 is 1.77 bits per heavy atom. The van der Waals surface area contributed by atoms with Crippen LogP contribution in [0.15, 0.2) is 0 Å². The number of aliphatic hydroxyl groups is 1. The Labute approximate surface area is 188 Å². The molecule has 5 aliphatic rings. The number of carbonyl (C=O) groups is 2. The molecule has 7 atom stereocenters. The van der Waals surface area contributed by atoms with Crippen molar-refractivity contribution in [2.45, 2.75) is 90.4 Å². The average molecular weight is 430 g/mol. The van der Waals surface area contributed by atoms with Gasteiger partial charge in [-0.3, -0.25) is 9.59 Å². The predicted octanol–water partition coefficient (Wildman–Crippen LogP) is 4.54. The van der Waals surface area contributed by atoms with Crippen LogP contribution in [0, 0.1) is 46.3 Å². The summed E-state index contributed by atoms with van der Waals surface area (Å²) in [6.45, 7) is 4.71. The first kappa shape index (κ1) is 22.1. The lowest BCUT2D eigenvalue weighted by Crippen LogP contribution is -2.60. The van der Waals surface area contributed by atoms with Crippen LogP contribution in [0.2, 0.25) is 0 Å². The molecule has 0 amide bonds. The number of hydrogen-bond acceptors (Lipinski definition) is 4. The molecule has 0 aromatic heterocycles. The molecule has 1 saturated heterocycles. The summed E-state index contributed by atoms with van der Waals surface area (Å²) in [5, 5.41) is 13.7. The Balaban J connectivity index is 1.38. The number of carbonyl (C=O) groups excluding carboxylic acids is 2. The Morgan fingerprint density at radius 3 is 2.55 bits per heavy atom. The van der Waals surface area contributed by atoms with Crippen molar-refractivity contribution in [2.24, 2.45) is 46.3 Å². The van der Waals surface area contributed by atoms with E-state index in [1.54, 1.807) is 0 Å². The molecule has 0 aromatic carbocycles. The molecule has 5 rings (SSSR count). The van der Waals surface area contributed by atoms with Gasteiger partial charge in [0.1, 0.15) is 11.6 Å². The Hall–Kier alpha value is -0.740. The largest absolute Gasteiger partial charge is 0.396 e. The van der Waals surface area contributed by atoms with Gasteiger partial charge < -0.3 is 10.4 Å². The Morgan fingerprint density at radius 1 is 0.968 bits per heavy atom. The standard InChI is InChI=1S/C27H43NO3/c1-26-12-3-2-6-20(26)19(17-29)25(31)24-21(26)9-14-27(22(24)7-8-23(27)30)13-4-5-18-10-15-28-16-11-18/h18-22,24,28-29H,2-17H2,1H3/t19-,20?,21+,22+,24-,26+,27+/m1/s1. The molecule has 174 valence electrons. The van der Waals surface area contributed by atoms with Crippen LogP contribution < -0.4 is 5.32 Å². The maximum Gasteiger partial charge on any atom is 0.142 e. The summed E-state index contributed by atoms with van der Waals surface area (Å²) in [5.74, 6) is 2.47. The van der Waals surface area contributed by atoms with Crippen LogP contribution in [0.4, 0.5) is 0 Å². The van der Waals surface area contributed by atoms with Gasteiger partial charge in [0, 0.05) is 23.7 Å². The first-order chi connectivity index (χ1) is 15.0. The number of aliphatic hydroxyl groups excluding tert-OH is 1. The van der Waals surface area contributed by atoms with Crippen molar-refractivity contribution in [3.8, 4) is 0 Å².